The molecule has 1 amide bonds. The predicted octanol–water partition coefficient (Wildman–Crippen LogP) is 3.27. The van der Waals surface area contributed by atoms with Gasteiger partial charge in [-0.05, 0) is 32.6 Å². The van der Waals surface area contributed by atoms with Crippen LogP contribution in [0.15, 0.2) is 5.38 Å². The molecule has 3 rings (SSSR count). The van der Waals surface area contributed by atoms with E-state index in [0.717, 1.165) is 30.5 Å². The molecular formula is C17H27N3O2S. The second-order valence-corrected chi connectivity index (χ2v) is 7.86. The zero-order chi connectivity index (χ0) is 16.2. The maximum Gasteiger partial charge on any atom is 0.226 e. The molecule has 6 heteroatoms. The van der Waals surface area contributed by atoms with Crippen LogP contribution in [0.4, 0.5) is 5.13 Å². The zero-order valence-corrected chi connectivity index (χ0v) is 14.9. The van der Waals surface area contributed by atoms with Crippen molar-refractivity contribution in [3.8, 4) is 0 Å². The van der Waals surface area contributed by atoms with E-state index in [1.165, 1.54) is 37.0 Å². The van der Waals surface area contributed by atoms with Gasteiger partial charge in [-0.25, -0.2) is 4.98 Å². The molecule has 2 aliphatic rings. The molecule has 128 valence electrons. The SMILES string of the molecule is CC1CN(Cc2csc(NC(=O)CC3CCCC3)n2)CC(C)O1. The normalized spacial score (nSPS) is 26.5. The Hall–Kier alpha value is -0.980. The average molecular weight is 337 g/mol. The molecule has 5 nitrogen and oxygen atoms in total. The highest BCUT2D eigenvalue weighted by Gasteiger charge is 2.23. The van der Waals surface area contributed by atoms with E-state index in [0.29, 0.717) is 12.3 Å². The number of carbonyl (C=O) groups is 1. The van der Waals surface area contributed by atoms with E-state index in [-0.39, 0.29) is 18.1 Å². The van der Waals surface area contributed by atoms with Gasteiger partial charge in [0, 0.05) is 31.4 Å². The first-order valence-electron chi connectivity index (χ1n) is 8.70. The van der Waals surface area contributed by atoms with Crippen LogP contribution in [0.3, 0.4) is 0 Å². The number of hydrogen-bond donors (Lipinski definition) is 1. The summed E-state index contributed by atoms with van der Waals surface area (Å²) in [5.74, 6) is 0.692. The van der Waals surface area contributed by atoms with Crippen LogP contribution in [0.25, 0.3) is 0 Å². The topological polar surface area (TPSA) is 54.5 Å². The molecule has 0 aromatic carbocycles. The number of nitrogens with one attached hydrogen (secondary N) is 1. The molecule has 2 fully saturated rings. The largest absolute Gasteiger partial charge is 0.373 e. The second-order valence-electron chi connectivity index (χ2n) is 7.00. The van der Waals surface area contributed by atoms with Gasteiger partial charge in [-0.3, -0.25) is 9.69 Å². The van der Waals surface area contributed by atoms with Crippen LogP contribution in [0, 0.1) is 5.92 Å². The van der Waals surface area contributed by atoms with Crippen LogP contribution in [0.2, 0.25) is 0 Å². The molecular weight excluding hydrogens is 310 g/mol. The fourth-order valence-corrected chi connectivity index (χ4v) is 4.44. The predicted molar refractivity (Wildman–Crippen MR) is 92.6 cm³/mol. The summed E-state index contributed by atoms with van der Waals surface area (Å²) in [5.41, 5.74) is 1.03. The number of rotatable bonds is 5. The van der Waals surface area contributed by atoms with Crippen molar-refractivity contribution in [3.05, 3.63) is 11.1 Å². The molecule has 1 aliphatic heterocycles. The lowest BCUT2D eigenvalue weighted by Crippen LogP contribution is -2.44. The Morgan fingerprint density at radius 3 is 2.74 bits per heavy atom. The fourth-order valence-electron chi connectivity index (χ4n) is 3.73. The Balaban J connectivity index is 1.48. The number of thiazole rings is 1. The third-order valence-electron chi connectivity index (χ3n) is 4.63. The minimum Gasteiger partial charge on any atom is -0.373 e. The quantitative estimate of drug-likeness (QED) is 0.896. The highest BCUT2D eigenvalue weighted by molar-refractivity contribution is 7.13. The number of nitrogens with zero attached hydrogens (tertiary/aromatic N) is 2. The van der Waals surface area contributed by atoms with Gasteiger partial charge in [0.05, 0.1) is 17.9 Å². The van der Waals surface area contributed by atoms with Gasteiger partial charge < -0.3 is 10.1 Å². The first-order chi connectivity index (χ1) is 11.1. The summed E-state index contributed by atoms with van der Waals surface area (Å²) in [5, 5.41) is 5.75. The van der Waals surface area contributed by atoms with Crippen molar-refractivity contribution in [3.63, 3.8) is 0 Å². The van der Waals surface area contributed by atoms with Crippen molar-refractivity contribution in [2.75, 3.05) is 18.4 Å². The van der Waals surface area contributed by atoms with Crippen LogP contribution in [-0.2, 0) is 16.1 Å². The van der Waals surface area contributed by atoms with Gasteiger partial charge in [-0.2, -0.15) is 0 Å². The molecule has 2 heterocycles. The summed E-state index contributed by atoms with van der Waals surface area (Å²) in [7, 11) is 0. The molecule has 0 spiro atoms. The molecule has 0 radical (unpaired) electrons. The third-order valence-corrected chi connectivity index (χ3v) is 5.43. The first kappa shape index (κ1) is 16.9. The van der Waals surface area contributed by atoms with E-state index in [1.807, 2.05) is 0 Å². The highest BCUT2D eigenvalue weighted by Crippen LogP contribution is 2.28. The number of anilines is 1. The lowest BCUT2D eigenvalue weighted by Gasteiger charge is -2.34. The Kier molecular flexibility index (Phi) is 5.67. The number of carbonyl (C=O) groups excluding carboxylic acids is 1. The van der Waals surface area contributed by atoms with Crippen molar-refractivity contribution >= 4 is 22.4 Å². The van der Waals surface area contributed by atoms with Gasteiger partial charge in [-0.1, -0.05) is 12.8 Å². The van der Waals surface area contributed by atoms with Crippen LogP contribution in [0.1, 0.15) is 51.6 Å². The number of morpholine rings is 1. The Morgan fingerprint density at radius 2 is 2.04 bits per heavy atom. The molecule has 23 heavy (non-hydrogen) atoms. The van der Waals surface area contributed by atoms with E-state index < -0.39 is 0 Å². The summed E-state index contributed by atoms with van der Waals surface area (Å²) in [6, 6.07) is 0. The summed E-state index contributed by atoms with van der Waals surface area (Å²) in [6.45, 7) is 6.92. The maximum absolute atomic E-state index is 12.1. The summed E-state index contributed by atoms with van der Waals surface area (Å²) in [6.07, 6.45) is 6.12. The van der Waals surface area contributed by atoms with Crippen molar-refractivity contribution in [2.24, 2.45) is 5.92 Å². The number of aromatic nitrogens is 1. The molecule has 1 aromatic rings. The van der Waals surface area contributed by atoms with E-state index in [4.69, 9.17) is 4.74 Å². The highest BCUT2D eigenvalue weighted by atomic mass is 32.1. The molecule has 2 atom stereocenters. The van der Waals surface area contributed by atoms with Crippen LogP contribution >= 0.6 is 11.3 Å². The molecule has 1 N–H and O–H groups in total. The van der Waals surface area contributed by atoms with Gasteiger partial charge in [0.25, 0.3) is 0 Å². The standard InChI is InChI=1S/C17H27N3O2S/c1-12-8-20(9-13(2)22-12)10-15-11-23-17(18-15)19-16(21)7-14-5-3-4-6-14/h11-14H,3-10H2,1-2H3,(H,18,19,21). The Bertz CT molecular complexity index is 518. The van der Waals surface area contributed by atoms with E-state index in [1.54, 1.807) is 0 Å². The summed E-state index contributed by atoms with van der Waals surface area (Å²) >= 11 is 1.52. The lowest BCUT2D eigenvalue weighted by atomic mass is 10.0. The van der Waals surface area contributed by atoms with Crippen LogP contribution in [-0.4, -0.2) is 41.1 Å². The molecule has 1 aromatic heterocycles. The number of ether oxygens (including phenoxy) is 1. The van der Waals surface area contributed by atoms with E-state index in [2.05, 4.69) is 34.4 Å². The third kappa shape index (κ3) is 4.99. The first-order valence-corrected chi connectivity index (χ1v) is 9.58. The second kappa shape index (κ2) is 7.73. The smallest absolute Gasteiger partial charge is 0.226 e. The molecule has 1 saturated carbocycles. The maximum atomic E-state index is 12.1. The van der Waals surface area contributed by atoms with Crippen molar-refractivity contribution in [2.45, 2.75) is 64.7 Å². The number of amides is 1. The van der Waals surface area contributed by atoms with Gasteiger partial charge in [0.2, 0.25) is 5.91 Å². The minimum atomic E-state index is 0.117. The van der Waals surface area contributed by atoms with Crippen LogP contribution in [0.5, 0.6) is 0 Å². The van der Waals surface area contributed by atoms with Crippen molar-refractivity contribution in [1.82, 2.24) is 9.88 Å². The zero-order valence-electron chi connectivity index (χ0n) is 14.1. The fraction of sp³-hybridized carbons (Fsp3) is 0.765. The van der Waals surface area contributed by atoms with Gasteiger partial charge in [0.15, 0.2) is 5.13 Å². The van der Waals surface area contributed by atoms with Crippen molar-refractivity contribution < 1.29 is 9.53 Å². The molecule has 1 saturated heterocycles. The van der Waals surface area contributed by atoms with Crippen LogP contribution < -0.4 is 5.32 Å². The van der Waals surface area contributed by atoms with Gasteiger partial charge >= 0.3 is 0 Å². The Morgan fingerprint density at radius 1 is 1.35 bits per heavy atom. The number of hydrogen-bond acceptors (Lipinski definition) is 5. The lowest BCUT2D eigenvalue weighted by molar-refractivity contribution is -0.117. The minimum absolute atomic E-state index is 0.117. The van der Waals surface area contributed by atoms with Crippen molar-refractivity contribution in [1.29, 1.82) is 0 Å². The molecule has 0 bridgehead atoms. The molecule has 2 unspecified atom stereocenters. The monoisotopic (exact) mass is 337 g/mol. The summed E-state index contributed by atoms with van der Waals surface area (Å²) in [4.78, 5) is 19.0. The van der Waals surface area contributed by atoms with Gasteiger partial charge in [0.1, 0.15) is 0 Å². The van der Waals surface area contributed by atoms with Gasteiger partial charge in [-0.15, -0.1) is 11.3 Å². The van der Waals surface area contributed by atoms with E-state index in [9.17, 15) is 4.79 Å². The summed E-state index contributed by atoms with van der Waals surface area (Å²) < 4.78 is 5.76. The molecule has 1 aliphatic carbocycles. The average Bonchev–Trinajstić information content (AvgIpc) is 3.10. The Labute approximate surface area is 142 Å². The van der Waals surface area contributed by atoms with E-state index >= 15 is 0 Å².